The molecule has 5 heteroatoms. The van der Waals surface area contributed by atoms with Gasteiger partial charge >= 0.3 is 35.5 Å². The van der Waals surface area contributed by atoms with Gasteiger partial charge in [-0.05, 0) is 34.1 Å². The van der Waals surface area contributed by atoms with Gasteiger partial charge in [0.2, 0.25) is 0 Å². The van der Waals surface area contributed by atoms with Crippen LogP contribution in [0.25, 0.3) is 0 Å². The van der Waals surface area contributed by atoms with Gasteiger partial charge in [0.05, 0.1) is 12.5 Å². The molecule has 0 aliphatic rings. The quantitative estimate of drug-likeness (QED) is 0.256. The zero-order valence-corrected chi connectivity index (χ0v) is 16.1. The summed E-state index contributed by atoms with van der Waals surface area (Å²) in [7, 11) is 0. The van der Waals surface area contributed by atoms with Gasteiger partial charge < -0.3 is 14.6 Å². The van der Waals surface area contributed by atoms with Crippen molar-refractivity contribution in [3.8, 4) is 0 Å². The first-order chi connectivity index (χ1) is 9.29. The second-order valence-electron chi connectivity index (χ2n) is 5.38. The molecule has 0 fully saturated rings. The normalized spacial score (nSPS) is 12.4. The van der Waals surface area contributed by atoms with Crippen LogP contribution in [0.5, 0.6) is 0 Å². The molecule has 0 saturated carbocycles. The minimum atomic E-state index is -1.26. The number of hydrogen-bond donors (Lipinski definition) is 0. The molecule has 0 rings (SSSR count). The van der Waals surface area contributed by atoms with E-state index in [0.29, 0.717) is 6.61 Å². The molecule has 0 aliphatic carbocycles. The van der Waals surface area contributed by atoms with Gasteiger partial charge in [-0.2, -0.15) is 0 Å². The largest absolute Gasteiger partial charge is 1.00 e. The number of carboxylic acids is 1. The Morgan fingerprint density at radius 1 is 1.05 bits per heavy atom. The smallest absolute Gasteiger partial charge is 0.549 e. The molecule has 0 aromatic heterocycles. The Kier molecular flexibility index (Phi) is 13.0. The van der Waals surface area contributed by atoms with Crippen molar-refractivity contribution in [2.45, 2.75) is 47.5 Å². The minimum Gasteiger partial charge on any atom is -0.549 e. The Bertz CT molecular complexity index is 391. The Labute approximate surface area is 149 Å². The average Bonchev–Trinajstić information content (AvgIpc) is 2.32. The maximum Gasteiger partial charge on any atom is 1.00 e. The van der Waals surface area contributed by atoms with Gasteiger partial charge in [-0.1, -0.05) is 36.6 Å². The van der Waals surface area contributed by atoms with Crippen LogP contribution in [-0.2, 0) is 14.3 Å². The fourth-order valence-corrected chi connectivity index (χ4v) is 1.77. The molecule has 4 nitrogen and oxygen atoms in total. The Balaban J connectivity index is 0. The standard InChI is InChI=1S/C16H26O4.Na/c1-6-7-8-20-16(19)14(10-12(4)5)13(15(17)18)9-11(2)3;/h9-10,13-14H,6-8H2,1-5H3,(H,17,18);/q;+1/p-1. The third-order valence-corrected chi connectivity index (χ3v) is 2.70. The van der Waals surface area contributed by atoms with Crippen LogP contribution in [0.15, 0.2) is 23.3 Å². The van der Waals surface area contributed by atoms with Gasteiger partial charge in [0.25, 0.3) is 0 Å². The van der Waals surface area contributed by atoms with Crippen LogP contribution in [-0.4, -0.2) is 18.5 Å². The number of rotatable bonds is 8. The zero-order valence-electron chi connectivity index (χ0n) is 14.1. The van der Waals surface area contributed by atoms with E-state index in [2.05, 4.69) is 0 Å². The zero-order chi connectivity index (χ0) is 15.7. The molecule has 0 aromatic rings. The van der Waals surface area contributed by atoms with Crippen LogP contribution >= 0.6 is 0 Å². The molecule has 0 spiro atoms. The third kappa shape index (κ3) is 9.88. The summed E-state index contributed by atoms with van der Waals surface area (Å²) < 4.78 is 5.15. The van der Waals surface area contributed by atoms with Crippen molar-refractivity contribution in [1.82, 2.24) is 0 Å². The Morgan fingerprint density at radius 2 is 1.52 bits per heavy atom. The van der Waals surface area contributed by atoms with Gasteiger partial charge in [-0.3, -0.25) is 4.79 Å². The van der Waals surface area contributed by atoms with Crippen LogP contribution in [0, 0.1) is 11.8 Å². The van der Waals surface area contributed by atoms with Crippen LogP contribution < -0.4 is 34.7 Å². The van der Waals surface area contributed by atoms with E-state index in [-0.39, 0.29) is 29.6 Å². The van der Waals surface area contributed by atoms with Crippen molar-refractivity contribution in [2.75, 3.05) is 6.61 Å². The summed E-state index contributed by atoms with van der Waals surface area (Å²) in [6.07, 6.45) is 4.86. The van der Waals surface area contributed by atoms with E-state index in [4.69, 9.17) is 4.74 Å². The predicted molar refractivity (Wildman–Crippen MR) is 76.7 cm³/mol. The van der Waals surface area contributed by atoms with E-state index >= 15 is 0 Å². The number of carbonyl (C=O) groups excluding carboxylic acids is 2. The number of allylic oxidation sites excluding steroid dienone is 2. The van der Waals surface area contributed by atoms with E-state index < -0.39 is 23.8 Å². The number of ether oxygens (including phenoxy) is 1. The van der Waals surface area contributed by atoms with E-state index in [1.54, 1.807) is 26.0 Å². The van der Waals surface area contributed by atoms with Gasteiger partial charge in [0, 0.05) is 11.9 Å². The number of aliphatic carboxylic acids is 1. The monoisotopic (exact) mass is 304 g/mol. The Morgan fingerprint density at radius 3 is 1.90 bits per heavy atom. The molecular formula is C16H25NaO4. The Hall–Kier alpha value is -0.580. The summed E-state index contributed by atoms with van der Waals surface area (Å²) in [6.45, 7) is 9.53. The van der Waals surface area contributed by atoms with E-state index in [1.165, 1.54) is 0 Å². The average molecular weight is 304 g/mol. The van der Waals surface area contributed by atoms with Gasteiger partial charge in [0.15, 0.2) is 0 Å². The fourth-order valence-electron chi connectivity index (χ4n) is 1.77. The van der Waals surface area contributed by atoms with E-state index in [1.807, 2.05) is 20.8 Å². The third-order valence-electron chi connectivity index (χ3n) is 2.70. The molecule has 114 valence electrons. The first kappa shape index (κ1) is 22.7. The summed E-state index contributed by atoms with van der Waals surface area (Å²) in [4.78, 5) is 23.4. The van der Waals surface area contributed by atoms with Gasteiger partial charge in [-0.15, -0.1) is 0 Å². The van der Waals surface area contributed by atoms with Gasteiger partial charge in [-0.25, -0.2) is 0 Å². The molecule has 0 N–H and O–H groups in total. The first-order valence-corrected chi connectivity index (χ1v) is 6.97. The molecule has 0 amide bonds. The summed E-state index contributed by atoms with van der Waals surface area (Å²) in [5.41, 5.74) is 1.70. The van der Waals surface area contributed by atoms with Crippen molar-refractivity contribution in [3.63, 3.8) is 0 Å². The van der Waals surface area contributed by atoms with Crippen LogP contribution in [0.4, 0.5) is 0 Å². The first-order valence-electron chi connectivity index (χ1n) is 6.97. The summed E-state index contributed by atoms with van der Waals surface area (Å²) in [5, 5.41) is 11.3. The van der Waals surface area contributed by atoms with Crippen molar-refractivity contribution in [2.24, 2.45) is 11.8 Å². The molecule has 2 unspecified atom stereocenters. The molecule has 0 aliphatic heterocycles. The second-order valence-corrected chi connectivity index (χ2v) is 5.38. The van der Waals surface area contributed by atoms with Crippen molar-refractivity contribution in [3.05, 3.63) is 23.3 Å². The predicted octanol–water partition coefficient (Wildman–Crippen LogP) is -0.752. The molecule has 21 heavy (non-hydrogen) atoms. The van der Waals surface area contributed by atoms with Crippen molar-refractivity contribution < 1.29 is 49.0 Å². The maximum absolute atomic E-state index is 12.1. The SMILES string of the molecule is CCCCOC(=O)C(C=C(C)C)C(C=C(C)C)C(=O)[O-].[Na+]. The van der Waals surface area contributed by atoms with E-state index in [9.17, 15) is 14.7 Å². The molecule has 0 bridgehead atoms. The van der Waals surface area contributed by atoms with E-state index in [0.717, 1.165) is 24.0 Å². The number of carbonyl (C=O) groups is 2. The summed E-state index contributed by atoms with van der Waals surface area (Å²) >= 11 is 0. The molecule has 2 atom stereocenters. The number of unbranched alkanes of at least 4 members (excludes halogenated alkanes) is 1. The molecule has 0 heterocycles. The van der Waals surface area contributed by atoms with Crippen LogP contribution in [0.1, 0.15) is 47.5 Å². The summed E-state index contributed by atoms with van der Waals surface area (Å²) in [5.74, 6) is -3.60. The number of carboxylic acid groups (broad SMARTS) is 1. The second kappa shape index (κ2) is 12.0. The molecule has 0 radical (unpaired) electrons. The topological polar surface area (TPSA) is 66.4 Å². The summed E-state index contributed by atoms with van der Waals surface area (Å²) in [6, 6.07) is 0. The fraction of sp³-hybridized carbons (Fsp3) is 0.625. The number of esters is 1. The molecule has 0 saturated heterocycles. The molecule has 0 aromatic carbocycles. The van der Waals surface area contributed by atoms with Gasteiger partial charge in [0.1, 0.15) is 0 Å². The van der Waals surface area contributed by atoms with Crippen LogP contribution in [0.2, 0.25) is 0 Å². The maximum atomic E-state index is 12.1. The minimum absolute atomic E-state index is 0. The van der Waals surface area contributed by atoms with Crippen LogP contribution in [0.3, 0.4) is 0 Å². The van der Waals surface area contributed by atoms with Crippen molar-refractivity contribution in [1.29, 1.82) is 0 Å². The van der Waals surface area contributed by atoms with Crippen molar-refractivity contribution >= 4 is 11.9 Å². The number of hydrogen-bond acceptors (Lipinski definition) is 4. The molecular weight excluding hydrogens is 279 g/mol.